The molecule has 49 heavy (non-hydrogen) atoms. The van der Waals surface area contributed by atoms with Gasteiger partial charge in [-0.1, -0.05) is 35.4 Å². The number of hydrogen-bond donors (Lipinski definition) is 0. The molecule has 0 fully saturated rings. The SMILES string of the molecule is Cc1ccnc2c([O-])cc(C(F)(F)F)cc12.Cc1ccnc2c([O-])cc(C(F)(F)F)cc12.Cc1ccnc2c([O-])cc(C(F)(F)F)cc12.[Al+3]. The fourth-order valence-corrected chi connectivity index (χ4v) is 4.56. The first kappa shape index (κ1) is 38.6. The van der Waals surface area contributed by atoms with Gasteiger partial charge in [-0.2, -0.15) is 39.5 Å². The van der Waals surface area contributed by atoms with E-state index in [1.165, 1.54) is 18.6 Å². The molecule has 0 unspecified atom stereocenters. The first-order valence-corrected chi connectivity index (χ1v) is 13.6. The van der Waals surface area contributed by atoms with Crippen LogP contribution in [0, 0.1) is 20.8 Å². The van der Waals surface area contributed by atoms with Gasteiger partial charge in [0.15, 0.2) is 0 Å². The zero-order valence-corrected chi connectivity index (χ0v) is 26.6. The van der Waals surface area contributed by atoms with Crippen LogP contribution in [0.15, 0.2) is 73.2 Å². The maximum Gasteiger partial charge on any atom is 3.00 e. The van der Waals surface area contributed by atoms with Gasteiger partial charge in [0.2, 0.25) is 0 Å². The minimum absolute atomic E-state index is 0. The van der Waals surface area contributed by atoms with Gasteiger partial charge in [-0.15, -0.1) is 0 Å². The minimum Gasteiger partial charge on any atom is -0.871 e. The molecule has 3 aromatic carbocycles. The molecule has 0 aliphatic heterocycles. The largest absolute Gasteiger partial charge is 3.00 e. The standard InChI is InChI=1S/3C11H8F3NO.Al/c3*1-6-2-3-15-10-8(6)4-7(5-9(10)16)11(12,13)14;/h3*2-5,16H,1H3;/q;;;+3/p-3. The number of rotatable bonds is 0. The third-order valence-electron chi connectivity index (χ3n) is 7.07. The number of halogens is 9. The van der Waals surface area contributed by atoms with Crippen LogP contribution in [-0.4, -0.2) is 32.3 Å². The van der Waals surface area contributed by atoms with Crippen LogP contribution in [0.4, 0.5) is 39.5 Å². The second-order valence-corrected chi connectivity index (χ2v) is 10.5. The van der Waals surface area contributed by atoms with E-state index in [0.717, 1.165) is 18.2 Å². The van der Waals surface area contributed by atoms with Crippen molar-refractivity contribution < 1.29 is 54.8 Å². The molecule has 0 radical (unpaired) electrons. The number of hydrogen-bond acceptors (Lipinski definition) is 6. The molecule has 0 bridgehead atoms. The number of fused-ring (bicyclic) bond motifs is 3. The zero-order valence-electron chi connectivity index (χ0n) is 25.5. The molecule has 0 saturated carbocycles. The third-order valence-corrected chi connectivity index (χ3v) is 7.07. The van der Waals surface area contributed by atoms with E-state index in [1.54, 1.807) is 39.0 Å². The molecule has 16 heteroatoms. The average molecular weight is 706 g/mol. The molecule has 0 aliphatic rings. The molecule has 0 N–H and O–H groups in total. The molecule has 6 aromatic rings. The van der Waals surface area contributed by atoms with Crippen molar-refractivity contribution in [3.63, 3.8) is 0 Å². The van der Waals surface area contributed by atoms with Gasteiger partial charge >= 0.3 is 35.9 Å². The fraction of sp³-hybridized carbons (Fsp3) is 0.182. The Labute approximate surface area is 282 Å². The number of nitrogens with zero attached hydrogens (tertiary/aromatic N) is 3. The van der Waals surface area contributed by atoms with Crippen LogP contribution in [0.25, 0.3) is 32.7 Å². The molecule has 3 heterocycles. The molecular weight excluding hydrogens is 684 g/mol. The van der Waals surface area contributed by atoms with Crippen LogP contribution in [0.3, 0.4) is 0 Å². The van der Waals surface area contributed by atoms with Crippen molar-refractivity contribution in [2.24, 2.45) is 0 Å². The topological polar surface area (TPSA) is 108 Å². The second-order valence-electron chi connectivity index (χ2n) is 10.5. The quantitative estimate of drug-likeness (QED) is 0.120. The molecule has 252 valence electrons. The Morgan fingerprint density at radius 1 is 0.429 bits per heavy atom. The average Bonchev–Trinajstić information content (AvgIpc) is 2.98. The summed E-state index contributed by atoms with van der Waals surface area (Å²) in [5.74, 6) is -2.10. The molecule has 0 spiro atoms. The summed E-state index contributed by atoms with van der Waals surface area (Å²) in [6.07, 6.45) is -9.29. The molecule has 0 aliphatic carbocycles. The van der Waals surface area contributed by atoms with Gasteiger partial charge in [0.25, 0.3) is 0 Å². The molecule has 0 amide bonds. The van der Waals surface area contributed by atoms with Crippen molar-refractivity contribution in [2.45, 2.75) is 39.3 Å². The van der Waals surface area contributed by atoms with E-state index in [2.05, 4.69) is 15.0 Å². The van der Waals surface area contributed by atoms with Crippen molar-refractivity contribution in [1.29, 1.82) is 0 Å². The van der Waals surface area contributed by atoms with E-state index >= 15 is 0 Å². The van der Waals surface area contributed by atoms with Gasteiger partial charge in [0.1, 0.15) is 0 Å². The second kappa shape index (κ2) is 14.4. The Balaban J connectivity index is 0.000000197. The molecule has 3 aromatic heterocycles. The van der Waals surface area contributed by atoms with Gasteiger partial charge in [-0.3, -0.25) is 15.0 Å². The Bertz CT molecular complexity index is 1890. The predicted molar refractivity (Wildman–Crippen MR) is 159 cm³/mol. The molecular formula is C33H21AlF9N3O3. The third kappa shape index (κ3) is 8.81. The monoisotopic (exact) mass is 705 g/mol. The van der Waals surface area contributed by atoms with Crippen molar-refractivity contribution in [2.75, 3.05) is 0 Å². The van der Waals surface area contributed by atoms with E-state index in [-0.39, 0.29) is 50.1 Å². The summed E-state index contributed by atoms with van der Waals surface area (Å²) < 4.78 is 112. The maximum absolute atomic E-state index is 12.5. The summed E-state index contributed by atoms with van der Waals surface area (Å²) in [5.41, 5.74) is -0.744. The van der Waals surface area contributed by atoms with Crippen LogP contribution in [0.2, 0.25) is 0 Å². The van der Waals surface area contributed by atoms with Gasteiger partial charge in [0.05, 0.1) is 33.2 Å². The number of alkyl halides is 9. The van der Waals surface area contributed by atoms with Gasteiger partial charge in [-0.25, -0.2) is 0 Å². The number of aromatic nitrogens is 3. The summed E-state index contributed by atoms with van der Waals surface area (Å²) in [6.45, 7) is 4.93. The molecule has 0 atom stereocenters. The van der Waals surface area contributed by atoms with Crippen molar-refractivity contribution in [1.82, 2.24) is 15.0 Å². The van der Waals surface area contributed by atoms with Crippen molar-refractivity contribution in [3.05, 3.63) is 107 Å². The zero-order chi connectivity index (χ0) is 35.8. The summed E-state index contributed by atoms with van der Waals surface area (Å²) >= 11 is 0. The maximum atomic E-state index is 12.5. The minimum atomic E-state index is -4.50. The Hall–Kier alpha value is -4.81. The summed E-state index contributed by atoms with van der Waals surface area (Å²) in [5, 5.41) is 35.1. The van der Waals surface area contributed by atoms with Crippen molar-refractivity contribution >= 4 is 50.1 Å². The number of aryl methyl sites for hydroxylation is 3. The van der Waals surface area contributed by atoms with Crippen LogP contribution < -0.4 is 15.3 Å². The number of benzene rings is 3. The van der Waals surface area contributed by atoms with Crippen LogP contribution in [0.5, 0.6) is 17.2 Å². The Morgan fingerprint density at radius 2 is 0.653 bits per heavy atom. The fourth-order valence-electron chi connectivity index (χ4n) is 4.56. The molecule has 6 nitrogen and oxygen atoms in total. The predicted octanol–water partition coefficient (Wildman–Crippen LogP) is 7.53. The Morgan fingerprint density at radius 3 is 0.857 bits per heavy atom. The van der Waals surface area contributed by atoms with Gasteiger partial charge in [0, 0.05) is 34.7 Å². The van der Waals surface area contributed by atoms with Gasteiger partial charge < -0.3 is 15.3 Å². The number of pyridine rings is 3. The first-order chi connectivity index (χ1) is 22.2. The molecule has 6 rings (SSSR count). The normalized spacial score (nSPS) is 11.8. The Kier molecular flexibility index (Phi) is 11.3. The van der Waals surface area contributed by atoms with E-state index in [1.807, 2.05) is 0 Å². The van der Waals surface area contributed by atoms with Crippen LogP contribution in [0.1, 0.15) is 33.4 Å². The van der Waals surface area contributed by atoms with E-state index in [4.69, 9.17) is 0 Å². The summed E-state index contributed by atoms with van der Waals surface area (Å²) in [4.78, 5) is 11.4. The smallest absolute Gasteiger partial charge is 0.871 e. The van der Waals surface area contributed by atoms with Crippen LogP contribution >= 0.6 is 0 Å². The molecule has 0 saturated heterocycles. The summed E-state index contributed by atoms with van der Waals surface area (Å²) in [6, 6.07) is 9.32. The van der Waals surface area contributed by atoms with E-state index < -0.39 is 52.5 Å². The van der Waals surface area contributed by atoms with Crippen LogP contribution in [-0.2, 0) is 18.5 Å². The van der Waals surface area contributed by atoms with E-state index in [0.29, 0.717) is 34.9 Å². The van der Waals surface area contributed by atoms with Crippen molar-refractivity contribution in [3.8, 4) is 17.2 Å². The van der Waals surface area contributed by atoms with Gasteiger partial charge in [-0.05, 0) is 73.9 Å². The first-order valence-electron chi connectivity index (χ1n) is 13.6. The van der Waals surface area contributed by atoms with E-state index in [9.17, 15) is 54.8 Å². The summed E-state index contributed by atoms with van der Waals surface area (Å²) in [7, 11) is 0.